The predicted molar refractivity (Wildman–Crippen MR) is 89.6 cm³/mol. The number of likely N-dealkylation sites (tertiary alicyclic amines) is 1. The smallest absolute Gasteiger partial charge is 0.306 e. The standard InChI is InChI=1S/C17H22N4O3/c1-13-5-2-3-6-16(13)17-7-4-8-19(17)11-15(22)12-20-10-14(9-18-20)21(23)24/h2-3,5-6,9-10,15,17,22H,4,7-8,11-12H2,1H3. The molecule has 1 aromatic carbocycles. The van der Waals surface area contributed by atoms with E-state index in [1.165, 1.54) is 28.2 Å². The van der Waals surface area contributed by atoms with Crippen LogP contribution < -0.4 is 0 Å². The predicted octanol–water partition coefficient (Wildman–Crippen LogP) is 2.30. The molecule has 1 aliphatic rings. The number of aryl methyl sites for hydroxylation is 1. The molecule has 0 saturated carbocycles. The molecule has 0 aliphatic carbocycles. The minimum absolute atomic E-state index is 0.0545. The molecule has 1 saturated heterocycles. The van der Waals surface area contributed by atoms with Crippen molar-refractivity contribution in [3.8, 4) is 0 Å². The first-order valence-electron chi connectivity index (χ1n) is 8.19. The van der Waals surface area contributed by atoms with Crippen LogP contribution in [0, 0.1) is 17.0 Å². The lowest BCUT2D eigenvalue weighted by Gasteiger charge is -2.28. The molecule has 2 atom stereocenters. The lowest BCUT2D eigenvalue weighted by atomic mass is 9.99. The highest BCUT2D eigenvalue weighted by atomic mass is 16.6. The average Bonchev–Trinajstić information content (AvgIpc) is 3.17. The summed E-state index contributed by atoms with van der Waals surface area (Å²) < 4.78 is 1.43. The highest BCUT2D eigenvalue weighted by molar-refractivity contribution is 5.29. The number of rotatable bonds is 6. The number of nitro groups is 1. The van der Waals surface area contributed by atoms with Crippen molar-refractivity contribution >= 4 is 5.69 Å². The fraction of sp³-hybridized carbons (Fsp3) is 0.471. The van der Waals surface area contributed by atoms with Crippen LogP contribution in [-0.2, 0) is 6.54 Å². The molecule has 0 amide bonds. The van der Waals surface area contributed by atoms with Gasteiger partial charge in [-0.25, -0.2) is 0 Å². The zero-order chi connectivity index (χ0) is 17.1. The van der Waals surface area contributed by atoms with E-state index in [0.29, 0.717) is 12.6 Å². The zero-order valence-electron chi connectivity index (χ0n) is 13.7. The number of aromatic nitrogens is 2. The Hall–Kier alpha value is -2.25. The molecular weight excluding hydrogens is 308 g/mol. The fourth-order valence-corrected chi connectivity index (χ4v) is 3.45. The summed E-state index contributed by atoms with van der Waals surface area (Å²) in [6.07, 6.45) is 4.14. The molecule has 128 valence electrons. The normalized spacial score (nSPS) is 19.5. The van der Waals surface area contributed by atoms with Gasteiger partial charge in [0.15, 0.2) is 0 Å². The third-order valence-electron chi connectivity index (χ3n) is 4.58. The van der Waals surface area contributed by atoms with Crippen LogP contribution in [0.3, 0.4) is 0 Å². The number of aliphatic hydroxyl groups is 1. The van der Waals surface area contributed by atoms with Gasteiger partial charge >= 0.3 is 5.69 Å². The maximum atomic E-state index is 10.7. The minimum Gasteiger partial charge on any atom is -0.390 e. The molecule has 7 heteroatoms. The molecule has 0 bridgehead atoms. The second kappa shape index (κ2) is 7.11. The van der Waals surface area contributed by atoms with Crippen molar-refractivity contribution in [2.24, 2.45) is 0 Å². The third-order valence-corrected chi connectivity index (χ3v) is 4.58. The molecule has 3 rings (SSSR count). The van der Waals surface area contributed by atoms with Crippen LogP contribution in [0.5, 0.6) is 0 Å². The van der Waals surface area contributed by atoms with Gasteiger partial charge in [0, 0.05) is 12.6 Å². The average molecular weight is 330 g/mol. The number of aliphatic hydroxyl groups excluding tert-OH is 1. The molecule has 1 aliphatic heterocycles. The van der Waals surface area contributed by atoms with Crippen molar-refractivity contribution in [1.29, 1.82) is 0 Å². The summed E-state index contributed by atoms with van der Waals surface area (Å²) in [7, 11) is 0. The van der Waals surface area contributed by atoms with Crippen molar-refractivity contribution in [3.05, 3.63) is 57.9 Å². The van der Waals surface area contributed by atoms with Crippen LogP contribution in [0.2, 0.25) is 0 Å². The van der Waals surface area contributed by atoms with Gasteiger partial charge in [0.05, 0.1) is 17.6 Å². The quantitative estimate of drug-likeness (QED) is 0.649. The molecule has 1 N–H and O–H groups in total. The lowest BCUT2D eigenvalue weighted by molar-refractivity contribution is -0.385. The third kappa shape index (κ3) is 3.63. The van der Waals surface area contributed by atoms with Crippen molar-refractivity contribution in [2.45, 2.75) is 38.5 Å². The van der Waals surface area contributed by atoms with Crippen LogP contribution in [0.1, 0.15) is 30.0 Å². The number of hydrogen-bond acceptors (Lipinski definition) is 5. The molecule has 2 heterocycles. The van der Waals surface area contributed by atoms with Gasteiger partial charge in [0.1, 0.15) is 12.4 Å². The van der Waals surface area contributed by atoms with E-state index in [1.807, 2.05) is 6.07 Å². The monoisotopic (exact) mass is 330 g/mol. The van der Waals surface area contributed by atoms with Crippen LogP contribution in [0.25, 0.3) is 0 Å². The Morgan fingerprint density at radius 3 is 2.92 bits per heavy atom. The largest absolute Gasteiger partial charge is 0.390 e. The van der Waals surface area contributed by atoms with E-state index < -0.39 is 11.0 Å². The summed E-state index contributed by atoms with van der Waals surface area (Å²) in [6, 6.07) is 8.69. The first kappa shape index (κ1) is 16.6. The summed E-state index contributed by atoms with van der Waals surface area (Å²) in [5.41, 5.74) is 2.53. The maximum Gasteiger partial charge on any atom is 0.306 e. The highest BCUT2D eigenvalue weighted by Crippen LogP contribution is 2.33. The van der Waals surface area contributed by atoms with Gasteiger partial charge in [-0.1, -0.05) is 24.3 Å². The molecule has 1 aromatic heterocycles. The van der Waals surface area contributed by atoms with Crippen molar-refractivity contribution in [3.63, 3.8) is 0 Å². The van der Waals surface area contributed by atoms with E-state index >= 15 is 0 Å². The fourth-order valence-electron chi connectivity index (χ4n) is 3.45. The molecular formula is C17H22N4O3. The summed E-state index contributed by atoms with van der Waals surface area (Å²) in [6.45, 7) is 3.86. The summed E-state index contributed by atoms with van der Waals surface area (Å²) in [5.74, 6) is 0. The Balaban J connectivity index is 1.63. The van der Waals surface area contributed by atoms with E-state index in [2.05, 4.69) is 35.1 Å². The van der Waals surface area contributed by atoms with Gasteiger partial charge in [-0.2, -0.15) is 5.10 Å². The SMILES string of the molecule is Cc1ccccc1C1CCCN1CC(O)Cn1cc([N+](=O)[O-])cn1. The second-order valence-corrected chi connectivity index (χ2v) is 6.34. The Labute approximate surface area is 140 Å². The molecule has 0 radical (unpaired) electrons. The highest BCUT2D eigenvalue weighted by Gasteiger charge is 2.28. The van der Waals surface area contributed by atoms with E-state index in [9.17, 15) is 15.2 Å². The first-order valence-corrected chi connectivity index (χ1v) is 8.19. The van der Waals surface area contributed by atoms with Crippen molar-refractivity contribution < 1.29 is 10.0 Å². The summed E-state index contributed by atoms with van der Waals surface area (Å²) in [5, 5.41) is 25.0. The lowest BCUT2D eigenvalue weighted by Crippen LogP contribution is -2.34. The number of hydrogen-bond donors (Lipinski definition) is 1. The van der Waals surface area contributed by atoms with Gasteiger partial charge in [-0.15, -0.1) is 0 Å². The molecule has 1 fully saturated rings. The van der Waals surface area contributed by atoms with Crippen molar-refractivity contribution in [2.75, 3.05) is 13.1 Å². The first-order chi connectivity index (χ1) is 11.5. The molecule has 24 heavy (non-hydrogen) atoms. The van der Waals surface area contributed by atoms with Crippen LogP contribution >= 0.6 is 0 Å². The second-order valence-electron chi connectivity index (χ2n) is 6.34. The number of benzene rings is 1. The molecule has 2 unspecified atom stereocenters. The van der Waals surface area contributed by atoms with E-state index in [1.54, 1.807) is 0 Å². The van der Waals surface area contributed by atoms with E-state index in [0.717, 1.165) is 19.4 Å². The van der Waals surface area contributed by atoms with Gasteiger partial charge in [0.2, 0.25) is 0 Å². The van der Waals surface area contributed by atoms with E-state index in [-0.39, 0.29) is 12.2 Å². The Morgan fingerprint density at radius 2 is 2.21 bits per heavy atom. The molecule has 2 aromatic rings. The van der Waals surface area contributed by atoms with Crippen LogP contribution in [0.4, 0.5) is 5.69 Å². The summed E-state index contributed by atoms with van der Waals surface area (Å²) >= 11 is 0. The van der Waals surface area contributed by atoms with E-state index in [4.69, 9.17) is 0 Å². The minimum atomic E-state index is -0.617. The van der Waals surface area contributed by atoms with Crippen molar-refractivity contribution in [1.82, 2.24) is 14.7 Å². The van der Waals surface area contributed by atoms with Gasteiger partial charge in [-0.3, -0.25) is 19.7 Å². The summed E-state index contributed by atoms with van der Waals surface area (Å²) in [4.78, 5) is 12.5. The number of β-amino-alcohol motifs (C(OH)–C–C–N with tert-alkyl or cyclic N) is 1. The number of nitrogens with zero attached hydrogens (tertiary/aromatic N) is 4. The van der Waals surface area contributed by atoms with Crippen LogP contribution in [0.15, 0.2) is 36.7 Å². The Kier molecular flexibility index (Phi) is 4.92. The maximum absolute atomic E-state index is 10.7. The Bertz CT molecular complexity index is 715. The molecule has 0 spiro atoms. The Morgan fingerprint density at radius 1 is 1.42 bits per heavy atom. The van der Waals surface area contributed by atoms with Crippen LogP contribution in [-0.4, -0.2) is 43.9 Å². The van der Waals surface area contributed by atoms with Gasteiger partial charge < -0.3 is 5.11 Å². The van der Waals surface area contributed by atoms with Gasteiger partial charge in [-0.05, 0) is 37.4 Å². The zero-order valence-corrected chi connectivity index (χ0v) is 13.7. The topological polar surface area (TPSA) is 84.4 Å². The van der Waals surface area contributed by atoms with Gasteiger partial charge in [0.25, 0.3) is 0 Å². The molecule has 7 nitrogen and oxygen atoms in total.